The molecule has 1 aliphatic rings. The number of pyridine rings is 1. The van der Waals surface area contributed by atoms with E-state index in [1.165, 1.54) is 19.2 Å². The Kier molecular flexibility index (Phi) is 5.06. The van der Waals surface area contributed by atoms with Gasteiger partial charge in [0.25, 0.3) is 15.9 Å². The number of ether oxygens (including phenoxy) is 1. The number of hydrogen-bond donors (Lipinski definition) is 1. The Morgan fingerprint density at radius 2 is 2.07 bits per heavy atom. The van der Waals surface area contributed by atoms with Gasteiger partial charge in [-0.05, 0) is 54.7 Å². The Hall–Kier alpha value is -3.20. The molecule has 2 aromatic heterocycles. The fourth-order valence-electron chi connectivity index (χ4n) is 3.53. The average molecular weight is 412 g/mol. The van der Waals surface area contributed by atoms with Crippen LogP contribution in [0.1, 0.15) is 33.6 Å². The van der Waals surface area contributed by atoms with Gasteiger partial charge in [0.15, 0.2) is 0 Å². The Morgan fingerprint density at radius 3 is 2.83 bits per heavy atom. The van der Waals surface area contributed by atoms with Crippen LogP contribution in [0.15, 0.2) is 53.7 Å². The van der Waals surface area contributed by atoms with Crippen LogP contribution in [0.5, 0.6) is 5.88 Å². The average Bonchev–Trinajstić information content (AvgIpc) is 3.39. The maximum Gasteiger partial charge on any atom is 0.283 e. The Balaban J connectivity index is 1.57. The molecule has 4 rings (SSSR count). The predicted molar refractivity (Wildman–Crippen MR) is 105 cm³/mol. The second-order valence-electron chi connectivity index (χ2n) is 6.75. The summed E-state index contributed by atoms with van der Waals surface area (Å²) >= 11 is 0. The number of fused-ring (bicyclic) bond motifs is 1. The van der Waals surface area contributed by atoms with E-state index in [2.05, 4.69) is 14.8 Å². The molecular weight excluding hydrogens is 392 g/mol. The van der Waals surface area contributed by atoms with Crippen LogP contribution >= 0.6 is 0 Å². The summed E-state index contributed by atoms with van der Waals surface area (Å²) in [4.78, 5) is 16.9. The summed E-state index contributed by atoms with van der Waals surface area (Å²) in [5.41, 5.74) is 2.48. The van der Waals surface area contributed by atoms with Crippen LogP contribution in [-0.4, -0.2) is 36.2 Å². The maximum absolute atomic E-state index is 12.8. The molecule has 8 nitrogen and oxygen atoms in total. The minimum Gasteiger partial charge on any atom is -0.481 e. The largest absolute Gasteiger partial charge is 0.481 e. The molecule has 0 radical (unpaired) electrons. The highest BCUT2D eigenvalue weighted by atomic mass is 32.2. The first-order chi connectivity index (χ1) is 14.0. The van der Waals surface area contributed by atoms with Crippen LogP contribution in [0, 0.1) is 0 Å². The van der Waals surface area contributed by atoms with E-state index in [9.17, 15) is 13.2 Å². The van der Waals surface area contributed by atoms with Gasteiger partial charge in [0.2, 0.25) is 5.88 Å². The van der Waals surface area contributed by atoms with Gasteiger partial charge in [-0.3, -0.25) is 9.48 Å². The minimum atomic E-state index is -4.00. The number of carbonyl (C=O) groups is 1. The van der Waals surface area contributed by atoms with E-state index in [-0.39, 0.29) is 16.5 Å². The first-order valence-electron chi connectivity index (χ1n) is 9.17. The third kappa shape index (κ3) is 3.86. The molecule has 0 aliphatic heterocycles. The Bertz CT molecular complexity index is 1160. The van der Waals surface area contributed by atoms with Crippen LogP contribution in [0.2, 0.25) is 0 Å². The zero-order valence-electron chi connectivity index (χ0n) is 15.8. The molecule has 0 unspecified atom stereocenters. The van der Waals surface area contributed by atoms with Crippen molar-refractivity contribution in [3.63, 3.8) is 0 Å². The fraction of sp³-hybridized carbons (Fsp3) is 0.250. The van der Waals surface area contributed by atoms with E-state index in [0.717, 1.165) is 29.5 Å². The molecule has 0 spiro atoms. The molecule has 1 aliphatic carbocycles. The number of hydrogen-bond acceptors (Lipinski definition) is 6. The van der Waals surface area contributed by atoms with Crippen molar-refractivity contribution >= 4 is 15.9 Å². The summed E-state index contributed by atoms with van der Waals surface area (Å²) in [6.07, 6.45) is 5.90. The molecule has 0 fully saturated rings. The van der Waals surface area contributed by atoms with Gasteiger partial charge in [-0.15, -0.1) is 0 Å². The van der Waals surface area contributed by atoms with Crippen LogP contribution in [0.3, 0.4) is 0 Å². The van der Waals surface area contributed by atoms with Crippen molar-refractivity contribution in [3.05, 3.63) is 71.2 Å². The second-order valence-corrected chi connectivity index (χ2v) is 8.40. The topological polar surface area (TPSA) is 103 Å². The SMILES string of the molecule is COc1nc(C(=O)NS(=O)(=O)c2cccc3c2CCC3)ccc1Cn1cccn1. The summed E-state index contributed by atoms with van der Waals surface area (Å²) in [5.74, 6) is -0.560. The lowest BCUT2D eigenvalue weighted by Gasteiger charge is -2.12. The van der Waals surface area contributed by atoms with Gasteiger partial charge >= 0.3 is 0 Å². The lowest BCUT2D eigenvalue weighted by Crippen LogP contribution is -2.32. The van der Waals surface area contributed by atoms with Crippen molar-refractivity contribution in [1.82, 2.24) is 19.5 Å². The van der Waals surface area contributed by atoms with E-state index < -0.39 is 15.9 Å². The number of sulfonamides is 1. The number of aryl methyl sites for hydroxylation is 1. The molecule has 0 saturated heterocycles. The van der Waals surface area contributed by atoms with E-state index in [4.69, 9.17) is 4.74 Å². The van der Waals surface area contributed by atoms with Crippen molar-refractivity contribution < 1.29 is 17.9 Å². The van der Waals surface area contributed by atoms with Crippen LogP contribution in [-0.2, 0) is 29.4 Å². The molecule has 1 amide bonds. The molecule has 1 aromatic carbocycles. The first kappa shape index (κ1) is 19.1. The molecule has 0 atom stereocenters. The number of rotatable bonds is 6. The van der Waals surface area contributed by atoms with Crippen LogP contribution in [0.4, 0.5) is 0 Å². The number of carbonyl (C=O) groups excluding carboxylic acids is 1. The Labute approximate surface area is 168 Å². The van der Waals surface area contributed by atoms with Crippen LogP contribution in [0.25, 0.3) is 0 Å². The zero-order valence-corrected chi connectivity index (χ0v) is 16.6. The van der Waals surface area contributed by atoms with Crippen molar-refractivity contribution in [3.8, 4) is 5.88 Å². The van der Waals surface area contributed by atoms with Crippen molar-refractivity contribution in [1.29, 1.82) is 0 Å². The molecular formula is C20H20N4O4S. The smallest absolute Gasteiger partial charge is 0.283 e. The van der Waals surface area contributed by atoms with Gasteiger partial charge in [-0.1, -0.05) is 12.1 Å². The highest BCUT2D eigenvalue weighted by Gasteiger charge is 2.26. The maximum atomic E-state index is 12.8. The van der Waals surface area contributed by atoms with E-state index in [0.29, 0.717) is 13.0 Å². The summed E-state index contributed by atoms with van der Waals surface area (Å²) in [7, 11) is -2.55. The molecule has 3 aromatic rings. The number of methoxy groups -OCH3 is 1. The standard InChI is InChI=1S/C20H20N4O4S/c1-28-20-15(13-24-12-4-11-21-24)9-10-17(22-20)19(25)23-29(26,27)18-8-3-6-14-5-2-7-16(14)18/h3-4,6,8-12H,2,5,7,13H2,1H3,(H,23,25). The lowest BCUT2D eigenvalue weighted by atomic mass is 10.1. The number of nitrogens with zero attached hydrogens (tertiary/aromatic N) is 3. The number of aromatic nitrogens is 3. The lowest BCUT2D eigenvalue weighted by molar-refractivity contribution is 0.0975. The van der Waals surface area contributed by atoms with Gasteiger partial charge < -0.3 is 4.74 Å². The zero-order chi connectivity index (χ0) is 20.4. The third-order valence-corrected chi connectivity index (χ3v) is 6.29. The number of nitrogens with one attached hydrogen (secondary N) is 1. The van der Waals surface area contributed by atoms with E-state index in [1.807, 2.05) is 6.07 Å². The molecule has 1 N–H and O–H groups in total. The van der Waals surface area contributed by atoms with Gasteiger partial charge in [-0.2, -0.15) is 5.10 Å². The molecule has 150 valence electrons. The summed E-state index contributed by atoms with van der Waals surface area (Å²) in [5, 5.41) is 4.13. The monoisotopic (exact) mass is 412 g/mol. The first-order valence-corrected chi connectivity index (χ1v) is 10.7. The molecule has 2 heterocycles. The summed E-state index contributed by atoms with van der Waals surface area (Å²) in [6, 6.07) is 10.1. The molecule has 0 bridgehead atoms. The molecule has 9 heteroatoms. The normalized spacial score (nSPS) is 13.1. The van der Waals surface area contributed by atoms with E-state index in [1.54, 1.807) is 35.3 Å². The molecule has 0 saturated carbocycles. The second kappa shape index (κ2) is 7.67. The quantitative estimate of drug-likeness (QED) is 0.664. The molecule has 29 heavy (non-hydrogen) atoms. The van der Waals surface area contributed by atoms with Crippen molar-refractivity contribution in [2.75, 3.05) is 7.11 Å². The number of benzene rings is 1. The van der Waals surface area contributed by atoms with Gasteiger partial charge in [0.1, 0.15) is 5.69 Å². The minimum absolute atomic E-state index is 0.0396. The highest BCUT2D eigenvalue weighted by molar-refractivity contribution is 7.90. The van der Waals surface area contributed by atoms with Crippen molar-refractivity contribution in [2.24, 2.45) is 0 Å². The van der Waals surface area contributed by atoms with E-state index >= 15 is 0 Å². The van der Waals surface area contributed by atoms with Crippen molar-refractivity contribution in [2.45, 2.75) is 30.7 Å². The summed E-state index contributed by atoms with van der Waals surface area (Å²) < 4.78 is 34.7. The fourth-order valence-corrected chi connectivity index (χ4v) is 4.80. The number of amides is 1. The Morgan fingerprint density at radius 1 is 1.21 bits per heavy atom. The third-order valence-electron chi connectivity index (χ3n) is 4.88. The predicted octanol–water partition coefficient (Wildman–Crippen LogP) is 1.94. The highest BCUT2D eigenvalue weighted by Crippen LogP contribution is 2.28. The van der Waals surface area contributed by atoms with Crippen LogP contribution < -0.4 is 9.46 Å². The van der Waals surface area contributed by atoms with Gasteiger partial charge in [0.05, 0.1) is 18.6 Å². The summed E-state index contributed by atoms with van der Waals surface area (Å²) in [6.45, 7) is 0.416. The van der Waals surface area contributed by atoms with Gasteiger partial charge in [0, 0.05) is 18.0 Å². The van der Waals surface area contributed by atoms with Gasteiger partial charge in [-0.25, -0.2) is 18.1 Å².